The zero-order valence-electron chi connectivity index (χ0n) is 9.26. The third-order valence-corrected chi connectivity index (χ3v) is 2.81. The van der Waals surface area contributed by atoms with Gasteiger partial charge in [0.25, 0.3) is 0 Å². The number of nitrogens with one attached hydrogen (secondary N) is 2. The highest BCUT2D eigenvalue weighted by Gasteiger charge is 2.15. The highest BCUT2D eigenvalue weighted by Crippen LogP contribution is 2.21. The van der Waals surface area contributed by atoms with Gasteiger partial charge < -0.3 is 10.1 Å². The second-order valence-electron chi connectivity index (χ2n) is 3.94. The Labute approximate surface area is 98.4 Å². The Morgan fingerprint density at radius 3 is 3.12 bits per heavy atom. The minimum atomic E-state index is 0.246. The molecule has 2 heterocycles. The molecule has 6 nitrogen and oxygen atoms in total. The molecule has 0 amide bonds. The number of ether oxygens (including phenoxy) is 1. The Balaban J connectivity index is 1.88. The first kappa shape index (κ1) is 10.4. The van der Waals surface area contributed by atoms with Gasteiger partial charge >= 0.3 is 0 Å². The first-order chi connectivity index (χ1) is 8.43. The summed E-state index contributed by atoms with van der Waals surface area (Å²) < 4.78 is 5.45. The Kier molecular flexibility index (Phi) is 2.81. The van der Waals surface area contributed by atoms with Gasteiger partial charge in [0.2, 0.25) is 5.82 Å². The molecule has 1 unspecified atom stereocenters. The Bertz CT molecular complexity index is 478. The van der Waals surface area contributed by atoms with E-state index in [-0.39, 0.29) is 6.04 Å². The van der Waals surface area contributed by atoms with Gasteiger partial charge in [0.05, 0.1) is 19.3 Å². The number of rotatable bonds is 2. The van der Waals surface area contributed by atoms with Gasteiger partial charge in [-0.25, -0.2) is 0 Å². The minimum absolute atomic E-state index is 0.246. The molecule has 1 aromatic heterocycles. The lowest BCUT2D eigenvalue weighted by Gasteiger charge is -2.24. The number of nitrogens with zero attached hydrogens (tertiary/aromatic N) is 3. The molecule has 88 valence electrons. The van der Waals surface area contributed by atoms with Crippen LogP contribution in [0.1, 0.15) is 11.6 Å². The lowest BCUT2D eigenvalue weighted by atomic mass is 10.0. The van der Waals surface area contributed by atoms with Crippen molar-refractivity contribution in [3.05, 3.63) is 29.8 Å². The van der Waals surface area contributed by atoms with Crippen LogP contribution < -0.4 is 5.32 Å². The van der Waals surface area contributed by atoms with Crippen LogP contribution in [0.3, 0.4) is 0 Å². The normalized spacial score (nSPS) is 20.4. The average Bonchev–Trinajstić information content (AvgIpc) is 2.94. The zero-order chi connectivity index (χ0) is 11.5. The topological polar surface area (TPSA) is 75.7 Å². The standard InChI is InChI=1S/C11H13N5O/c1-2-8(10-7-17-5-4-12-10)6-9(3-1)11-13-15-16-14-11/h1-3,6,10,12H,4-5,7H2,(H,13,14,15,16). The fraction of sp³-hybridized carbons (Fsp3) is 0.364. The summed E-state index contributed by atoms with van der Waals surface area (Å²) in [7, 11) is 0. The Hall–Kier alpha value is -1.79. The number of aromatic nitrogens is 4. The van der Waals surface area contributed by atoms with Crippen LogP contribution in [0.15, 0.2) is 24.3 Å². The molecule has 1 aliphatic rings. The van der Waals surface area contributed by atoms with Crippen molar-refractivity contribution in [1.82, 2.24) is 25.9 Å². The largest absolute Gasteiger partial charge is 0.378 e. The molecule has 6 heteroatoms. The van der Waals surface area contributed by atoms with Crippen LogP contribution >= 0.6 is 0 Å². The highest BCUT2D eigenvalue weighted by atomic mass is 16.5. The monoisotopic (exact) mass is 231 g/mol. The fourth-order valence-corrected chi connectivity index (χ4v) is 1.96. The van der Waals surface area contributed by atoms with E-state index >= 15 is 0 Å². The number of hydrogen-bond donors (Lipinski definition) is 2. The van der Waals surface area contributed by atoms with Crippen molar-refractivity contribution in [3.63, 3.8) is 0 Å². The molecule has 1 atom stereocenters. The number of hydrogen-bond acceptors (Lipinski definition) is 5. The molecule has 0 spiro atoms. The second kappa shape index (κ2) is 4.60. The molecule has 1 aliphatic heterocycles. The number of benzene rings is 1. The molecule has 17 heavy (non-hydrogen) atoms. The summed E-state index contributed by atoms with van der Waals surface area (Å²) in [4.78, 5) is 0. The molecule has 0 bridgehead atoms. The molecule has 2 aromatic rings. The molecular weight excluding hydrogens is 218 g/mol. The van der Waals surface area contributed by atoms with E-state index in [0.717, 1.165) is 18.7 Å². The van der Waals surface area contributed by atoms with Crippen molar-refractivity contribution in [3.8, 4) is 11.4 Å². The third-order valence-electron chi connectivity index (χ3n) is 2.81. The lowest BCUT2D eigenvalue weighted by molar-refractivity contribution is 0.0769. The van der Waals surface area contributed by atoms with E-state index in [0.29, 0.717) is 12.4 Å². The van der Waals surface area contributed by atoms with E-state index in [4.69, 9.17) is 4.74 Å². The minimum Gasteiger partial charge on any atom is -0.378 e. The summed E-state index contributed by atoms with van der Waals surface area (Å²) in [5.74, 6) is 0.614. The highest BCUT2D eigenvalue weighted by molar-refractivity contribution is 5.55. The van der Waals surface area contributed by atoms with E-state index in [1.807, 2.05) is 12.1 Å². The molecular formula is C11H13N5O. The zero-order valence-corrected chi connectivity index (χ0v) is 9.26. The molecule has 1 aromatic carbocycles. The second-order valence-corrected chi connectivity index (χ2v) is 3.94. The first-order valence-electron chi connectivity index (χ1n) is 5.58. The quantitative estimate of drug-likeness (QED) is 0.788. The molecule has 1 saturated heterocycles. The molecule has 0 radical (unpaired) electrons. The summed E-state index contributed by atoms with van der Waals surface area (Å²) in [6.07, 6.45) is 0. The van der Waals surface area contributed by atoms with E-state index < -0.39 is 0 Å². The number of morpholine rings is 1. The molecule has 2 N–H and O–H groups in total. The van der Waals surface area contributed by atoms with E-state index in [1.54, 1.807) is 0 Å². The summed E-state index contributed by atoms with van der Waals surface area (Å²) in [5.41, 5.74) is 2.15. The van der Waals surface area contributed by atoms with Crippen LogP contribution in [0.5, 0.6) is 0 Å². The van der Waals surface area contributed by atoms with Gasteiger partial charge in [-0.3, -0.25) is 0 Å². The number of H-pyrrole nitrogens is 1. The fourth-order valence-electron chi connectivity index (χ4n) is 1.96. The van der Waals surface area contributed by atoms with E-state index in [1.165, 1.54) is 5.56 Å². The van der Waals surface area contributed by atoms with Gasteiger partial charge in [0.1, 0.15) is 0 Å². The molecule has 1 fully saturated rings. The third kappa shape index (κ3) is 2.17. The Morgan fingerprint density at radius 1 is 1.35 bits per heavy atom. The summed E-state index contributed by atoms with van der Waals surface area (Å²) in [6, 6.07) is 8.36. The van der Waals surface area contributed by atoms with Gasteiger partial charge in [-0.05, 0) is 16.8 Å². The van der Waals surface area contributed by atoms with Gasteiger partial charge in [0, 0.05) is 12.1 Å². The maximum atomic E-state index is 5.45. The van der Waals surface area contributed by atoms with Crippen LogP contribution in [-0.2, 0) is 4.74 Å². The van der Waals surface area contributed by atoms with Crippen LogP contribution in [0, 0.1) is 0 Å². The van der Waals surface area contributed by atoms with E-state index in [2.05, 4.69) is 38.1 Å². The van der Waals surface area contributed by atoms with Gasteiger partial charge in [-0.15, -0.1) is 10.2 Å². The van der Waals surface area contributed by atoms with Gasteiger partial charge in [-0.1, -0.05) is 18.2 Å². The summed E-state index contributed by atoms with van der Waals surface area (Å²) in [5, 5.41) is 17.4. The molecule has 0 aliphatic carbocycles. The Morgan fingerprint density at radius 2 is 2.35 bits per heavy atom. The summed E-state index contributed by atoms with van der Waals surface area (Å²) >= 11 is 0. The van der Waals surface area contributed by atoms with Crippen LogP contribution in [0.2, 0.25) is 0 Å². The van der Waals surface area contributed by atoms with Crippen molar-refractivity contribution < 1.29 is 4.74 Å². The predicted molar refractivity (Wildman–Crippen MR) is 61.2 cm³/mol. The van der Waals surface area contributed by atoms with Crippen molar-refractivity contribution >= 4 is 0 Å². The van der Waals surface area contributed by atoms with Crippen molar-refractivity contribution in [2.24, 2.45) is 0 Å². The first-order valence-corrected chi connectivity index (χ1v) is 5.58. The number of tetrazole rings is 1. The van der Waals surface area contributed by atoms with Crippen LogP contribution in [0.4, 0.5) is 0 Å². The maximum Gasteiger partial charge on any atom is 0.204 e. The van der Waals surface area contributed by atoms with Gasteiger partial charge in [-0.2, -0.15) is 5.21 Å². The molecule has 3 rings (SSSR count). The van der Waals surface area contributed by atoms with Crippen molar-refractivity contribution in [2.75, 3.05) is 19.8 Å². The number of aromatic amines is 1. The van der Waals surface area contributed by atoms with E-state index in [9.17, 15) is 0 Å². The van der Waals surface area contributed by atoms with Crippen LogP contribution in [-0.4, -0.2) is 40.4 Å². The van der Waals surface area contributed by atoms with Gasteiger partial charge in [0.15, 0.2) is 0 Å². The predicted octanol–water partition coefficient (Wildman–Crippen LogP) is 0.528. The summed E-state index contributed by atoms with van der Waals surface area (Å²) in [6.45, 7) is 2.37. The average molecular weight is 231 g/mol. The van der Waals surface area contributed by atoms with Crippen LogP contribution in [0.25, 0.3) is 11.4 Å². The lowest BCUT2D eigenvalue weighted by Crippen LogP contribution is -2.34. The van der Waals surface area contributed by atoms with Crippen molar-refractivity contribution in [1.29, 1.82) is 0 Å². The molecule has 0 saturated carbocycles. The SMILES string of the molecule is c1cc(-c2nn[nH]n2)cc(C2COCCN2)c1. The smallest absolute Gasteiger partial charge is 0.204 e. The maximum absolute atomic E-state index is 5.45. The van der Waals surface area contributed by atoms with Crippen molar-refractivity contribution in [2.45, 2.75) is 6.04 Å².